The van der Waals surface area contributed by atoms with Crippen LogP contribution in [0.2, 0.25) is 0 Å². The van der Waals surface area contributed by atoms with Crippen molar-refractivity contribution in [3.05, 3.63) is 89.1 Å². The molecule has 0 aliphatic carbocycles. The number of halogens is 2. The van der Waals surface area contributed by atoms with E-state index >= 15 is 0 Å². The molecule has 1 amide bonds. The highest BCUT2D eigenvalue weighted by Crippen LogP contribution is 2.22. The first-order chi connectivity index (χ1) is 13.9. The fraction of sp³-hybridized carbons (Fsp3) is 0.0909. The lowest BCUT2D eigenvalue weighted by Gasteiger charge is -2.09. The van der Waals surface area contributed by atoms with Gasteiger partial charge in [0.25, 0.3) is 5.91 Å². The maximum atomic E-state index is 13.4. The second-order valence-electron chi connectivity index (χ2n) is 6.89. The molecule has 1 heterocycles. The minimum Gasteiger partial charge on any atom is -0.397 e. The predicted molar refractivity (Wildman–Crippen MR) is 109 cm³/mol. The fourth-order valence-corrected chi connectivity index (χ4v) is 3.11. The van der Waals surface area contributed by atoms with E-state index in [2.05, 4.69) is 10.4 Å². The highest BCUT2D eigenvalue weighted by atomic mass is 19.2. The second kappa shape index (κ2) is 7.35. The maximum absolute atomic E-state index is 13.4. The molecule has 0 spiro atoms. The van der Waals surface area contributed by atoms with Crippen LogP contribution in [0.5, 0.6) is 0 Å². The zero-order chi connectivity index (χ0) is 20.5. The van der Waals surface area contributed by atoms with E-state index in [1.807, 2.05) is 13.0 Å². The van der Waals surface area contributed by atoms with Crippen LogP contribution in [0, 0.1) is 18.6 Å². The normalized spacial score (nSPS) is 11.0. The topological polar surface area (TPSA) is 72.9 Å². The average molecular weight is 392 g/mol. The average Bonchev–Trinajstić information content (AvgIpc) is 3.08. The summed E-state index contributed by atoms with van der Waals surface area (Å²) in [7, 11) is 0. The summed E-state index contributed by atoms with van der Waals surface area (Å²) in [6.45, 7) is 2.21. The van der Waals surface area contributed by atoms with Crippen molar-refractivity contribution >= 4 is 28.2 Å². The van der Waals surface area contributed by atoms with Crippen molar-refractivity contribution in [2.75, 3.05) is 11.1 Å². The number of benzene rings is 3. The lowest BCUT2D eigenvalue weighted by molar-refractivity contribution is 0.102. The van der Waals surface area contributed by atoms with E-state index in [1.54, 1.807) is 41.2 Å². The number of fused-ring (bicyclic) bond motifs is 1. The molecule has 3 N–H and O–H groups in total. The Balaban J connectivity index is 1.56. The summed E-state index contributed by atoms with van der Waals surface area (Å²) in [5.74, 6) is -2.06. The molecule has 0 aliphatic heterocycles. The molecule has 7 heteroatoms. The molecule has 5 nitrogen and oxygen atoms in total. The van der Waals surface area contributed by atoms with E-state index in [4.69, 9.17) is 5.73 Å². The lowest BCUT2D eigenvalue weighted by atomic mass is 10.1. The number of hydrogen-bond donors (Lipinski definition) is 2. The van der Waals surface area contributed by atoms with Crippen LogP contribution in [-0.2, 0) is 6.54 Å². The first-order valence-corrected chi connectivity index (χ1v) is 8.98. The van der Waals surface area contributed by atoms with Gasteiger partial charge in [-0.15, -0.1) is 0 Å². The zero-order valence-corrected chi connectivity index (χ0v) is 15.6. The summed E-state index contributed by atoms with van der Waals surface area (Å²) in [5.41, 5.74) is 9.76. The van der Waals surface area contributed by atoms with Crippen molar-refractivity contribution < 1.29 is 13.6 Å². The van der Waals surface area contributed by atoms with Crippen LogP contribution in [0.15, 0.2) is 60.8 Å². The van der Waals surface area contributed by atoms with Crippen molar-refractivity contribution in [2.24, 2.45) is 0 Å². The molecule has 146 valence electrons. The Hall–Kier alpha value is -3.74. The number of anilines is 2. The first kappa shape index (κ1) is 18.6. The third kappa shape index (κ3) is 3.94. The van der Waals surface area contributed by atoms with Gasteiger partial charge in [-0.1, -0.05) is 12.1 Å². The number of nitrogens with one attached hydrogen (secondary N) is 1. The van der Waals surface area contributed by atoms with Gasteiger partial charge in [0.1, 0.15) is 0 Å². The number of nitrogens with two attached hydrogens (primary N) is 1. The Morgan fingerprint density at radius 1 is 1.07 bits per heavy atom. The molecule has 0 aliphatic rings. The maximum Gasteiger partial charge on any atom is 0.255 e. The summed E-state index contributed by atoms with van der Waals surface area (Å²) in [4.78, 5) is 12.6. The van der Waals surface area contributed by atoms with Gasteiger partial charge in [0.15, 0.2) is 11.6 Å². The molecule has 0 radical (unpaired) electrons. The van der Waals surface area contributed by atoms with E-state index in [1.165, 1.54) is 6.07 Å². The molecule has 0 fully saturated rings. The smallest absolute Gasteiger partial charge is 0.255 e. The number of amides is 1. The third-order valence-electron chi connectivity index (χ3n) is 4.60. The van der Waals surface area contributed by atoms with Gasteiger partial charge >= 0.3 is 0 Å². The van der Waals surface area contributed by atoms with Crippen LogP contribution in [0.3, 0.4) is 0 Å². The molecule has 29 heavy (non-hydrogen) atoms. The molecule has 0 atom stereocenters. The Bertz CT molecular complexity index is 1230. The lowest BCUT2D eigenvalue weighted by Crippen LogP contribution is -2.13. The molecule has 0 unspecified atom stereocenters. The van der Waals surface area contributed by atoms with Gasteiger partial charge in [0.05, 0.1) is 23.4 Å². The molecule has 4 rings (SSSR count). The summed E-state index contributed by atoms with van der Waals surface area (Å²) in [6.07, 6.45) is 1.76. The van der Waals surface area contributed by atoms with Gasteiger partial charge < -0.3 is 11.1 Å². The molecule has 0 bridgehead atoms. The molecule has 0 saturated carbocycles. The number of aromatic nitrogens is 2. The molecule has 0 saturated heterocycles. The van der Waals surface area contributed by atoms with Gasteiger partial charge in [0, 0.05) is 17.1 Å². The number of nitrogen functional groups attached to an aromatic ring is 1. The SMILES string of the molecule is Cc1ccc(NC(=O)c2ccc3nn(Cc4ccc(F)c(F)c4)cc3c2)c(N)c1. The highest BCUT2D eigenvalue weighted by Gasteiger charge is 2.11. The number of rotatable bonds is 4. The minimum absolute atomic E-state index is 0.282. The van der Waals surface area contributed by atoms with Crippen molar-refractivity contribution in [3.8, 4) is 0 Å². The van der Waals surface area contributed by atoms with E-state index in [0.717, 1.165) is 23.1 Å². The number of hydrogen-bond acceptors (Lipinski definition) is 3. The van der Waals surface area contributed by atoms with Crippen LogP contribution in [0.4, 0.5) is 20.2 Å². The number of nitrogens with zero attached hydrogens (tertiary/aromatic N) is 2. The van der Waals surface area contributed by atoms with E-state index < -0.39 is 11.6 Å². The summed E-state index contributed by atoms with van der Waals surface area (Å²) >= 11 is 0. The molecular formula is C22H18F2N4O. The predicted octanol–water partition coefficient (Wildman–Crippen LogP) is 4.51. The van der Waals surface area contributed by atoms with Crippen LogP contribution in [0.1, 0.15) is 21.5 Å². The first-order valence-electron chi connectivity index (χ1n) is 8.98. The van der Waals surface area contributed by atoms with Gasteiger partial charge in [0.2, 0.25) is 0 Å². The Morgan fingerprint density at radius 2 is 1.90 bits per heavy atom. The molecule has 4 aromatic rings. The fourth-order valence-electron chi connectivity index (χ4n) is 3.11. The Morgan fingerprint density at radius 3 is 2.66 bits per heavy atom. The zero-order valence-electron chi connectivity index (χ0n) is 15.6. The molecule has 3 aromatic carbocycles. The third-order valence-corrected chi connectivity index (χ3v) is 4.60. The quantitative estimate of drug-likeness (QED) is 0.502. The Kier molecular flexibility index (Phi) is 4.72. The van der Waals surface area contributed by atoms with Gasteiger partial charge in [-0.05, 0) is 60.5 Å². The standard InChI is InChI=1S/C22H18F2N4O/c1-13-2-6-21(19(25)8-13)26-22(29)15-4-7-20-16(10-15)12-28(27-20)11-14-3-5-17(23)18(24)9-14/h2-10,12H,11,25H2,1H3,(H,26,29). The number of aryl methyl sites for hydroxylation is 1. The molecule has 1 aromatic heterocycles. The van der Waals surface area contributed by atoms with Crippen molar-refractivity contribution in [1.29, 1.82) is 0 Å². The largest absolute Gasteiger partial charge is 0.397 e. The van der Waals surface area contributed by atoms with Crippen LogP contribution < -0.4 is 11.1 Å². The van der Waals surface area contributed by atoms with Crippen LogP contribution >= 0.6 is 0 Å². The van der Waals surface area contributed by atoms with Gasteiger partial charge in [-0.2, -0.15) is 5.10 Å². The summed E-state index contributed by atoms with van der Waals surface area (Å²) in [6, 6.07) is 14.3. The second-order valence-corrected chi connectivity index (χ2v) is 6.89. The highest BCUT2D eigenvalue weighted by molar-refractivity contribution is 6.07. The molecular weight excluding hydrogens is 374 g/mol. The van der Waals surface area contributed by atoms with Crippen LogP contribution in [-0.4, -0.2) is 15.7 Å². The van der Waals surface area contributed by atoms with E-state index in [-0.39, 0.29) is 12.5 Å². The van der Waals surface area contributed by atoms with E-state index in [0.29, 0.717) is 28.0 Å². The van der Waals surface area contributed by atoms with Gasteiger partial charge in [-0.3, -0.25) is 9.48 Å². The monoisotopic (exact) mass is 392 g/mol. The Labute approximate surface area is 165 Å². The van der Waals surface area contributed by atoms with Crippen molar-refractivity contribution in [1.82, 2.24) is 9.78 Å². The summed E-state index contributed by atoms with van der Waals surface area (Å²) in [5, 5.41) is 7.99. The summed E-state index contributed by atoms with van der Waals surface area (Å²) < 4.78 is 28.1. The van der Waals surface area contributed by atoms with Crippen molar-refractivity contribution in [2.45, 2.75) is 13.5 Å². The van der Waals surface area contributed by atoms with Gasteiger partial charge in [-0.25, -0.2) is 8.78 Å². The number of carbonyl (C=O) groups is 1. The number of carbonyl (C=O) groups excluding carboxylic acids is 1. The van der Waals surface area contributed by atoms with Crippen LogP contribution in [0.25, 0.3) is 10.9 Å². The minimum atomic E-state index is -0.895. The van der Waals surface area contributed by atoms with Crippen molar-refractivity contribution in [3.63, 3.8) is 0 Å². The van der Waals surface area contributed by atoms with E-state index in [9.17, 15) is 13.6 Å².